The molecule has 0 spiro atoms. The number of piperidine rings is 1. The Morgan fingerprint density at radius 3 is 2.62 bits per heavy atom. The Morgan fingerprint density at radius 2 is 2.00 bits per heavy atom. The maximum atomic E-state index is 13.5. The Bertz CT molecular complexity index is 589. The van der Waals surface area contributed by atoms with Gasteiger partial charge in [-0.15, -0.1) is 0 Å². The van der Waals surface area contributed by atoms with Crippen molar-refractivity contribution in [3.8, 4) is 0 Å². The smallest absolute Gasteiger partial charge is 0.240 e. The Hall–Kier alpha value is -0.500. The fourth-order valence-corrected chi connectivity index (χ4v) is 3.83. The first-order valence-corrected chi connectivity index (χ1v) is 9.36. The highest BCUT2D eigenvalue weighted by Crippen LogP contribution is 2.19. The van der Waals surface area contributed by atoms with Crippen molar-refractivity contribution in [2.24, 2.45) is 0 Å². The van der Waals surface area contributed by atoms with Crippen LogP contribution < -0.4 is 4.72 Å². The van der Waals surface area contributed by atoms with Crippen molar-refractivity contribution in [2.75, 3.05) is 19.6 Å². The van der Waals surface area contributed by atoms with Crippen molar-refractivity contribution in [3.63, 3.8) is 0 Å². The van der Waals surface area contributed by atoms with Crippen molar-refractivity contribution in [2.45, 2.75) is 37.1 Å². The zero-order valence-corrected chi connectivity index (χ0v) is 14.4. The molecule has 0 bridgehead atoms. The van der Waals surface area contributed by atoms with Gasteiger partial charge in [0.2, 0.25) is 10.0 Å². The monoisotopic (exact) mass is 378 g/mol. The van der Waals surface area contributed by atoms with Gasteiger partial charge < -0.3 is 0 Å². The fourth-order valence-electron chi connectivity index (χ4n) is 2.45. The van der Waals surface area contributed by atoms with Gasteiger partial charge in [-0.2, -0.15) is 0 Å². The molecule has 118 valence electrons. The molecular formula is C14H20BrFN2O2S. The molecule has 0 radical (unpaired) electrons. The second-order valence-corrected chi connectivity index (χ2v) is 7.99. The predicted molar refractivity (Wildman–Crippen MR) is 84.2 cm³/mol. The zero-order chi connectivity index (χ0) is 15.5. The normalized spacial score (nSPS) is 18.6. The first-order chi connectivity index (χ1) is 9.90. The van der Waals surface area contributed by atoms with Crippen molar-refractivity contribution in [1.82, 2.24) is 9.62 Å². The fraction of sp³-hybridized carbons (Fsp3) is 0.571. The number of hydrogen-bond donors (Lipinski definition) is 1. The largest absolute Gasteiger partial charge is 0.299 e. The molecule has 1 N–H and O–H groups in total. The highest BCUT2D eigenvalue weighted by Gasteiger charge is 2.20. The van der Waals surface area contributed by atoms with Gasteiger partial charge in [0.15, 0.2) is 0 Å². The number of nitrogens with one attached hydrogen (secondary N) is 1. The summed E-state index contributed by atoms with van der Waals surface area (Å²) in [5.41, 5.74) is 0. The first-order valence-electron chi connectivity index (χ1n) is 7.09. The summed E-state index contributed by atoms with van der Waals surface area (Å²) in [5.74, 6) is -0.582. The van der Waals surface area contributed by atoms with Crippen molar-refractivity contribution >= 4 is 26.0 Å². The van der Waals surface area contributed by atoms with Crippen molar-refractivity contribution < 1.29 is 12.8 Å². The standard InChI is InChI=1S/C14H20BrFN2O2S/c1-11(18-7-3-2-4-8-18)10-17-21(19,20)12-5-6-13(15)14(16)9-12/h5-6,9,11,17H,2-4,7-8,10H2,1H3. The van der Waals surface area contributed by atoms with Crippen LogP contribution >= 0.6 is 15.9 Å². The Kier molecular flexibility index (Phi) is 5.76. The molecule has 4 nitrogen and oxygen atoms in total. The molecule has 1 heterocycles. The summed E-state index contributed by atoms with van der Waals surface area (Å²) in [6, 6.07) is 3.96. The Balaban J connectivity index is 1.98. The van der Waals surface area contributed by atoms with Gasteiger partial charge in [-0.05, 0) is 67.0 Å². The van der Waals surface area contributed by atoms with Crippen LogP contribution in [0.25, 0.3) is 0 Å². The lowest BCUT2D eigenvalue weighted by Crippen LogP contribution is -2.44. The van der Waals surface area contributed by atoms with Gasteiger partial charge in [-0.1, -0.05) is 6.42 Å². The third kappa shape index (κ3) is 4.48. The van der Waals surface area contributed by atoms with E-state index < -0.39 is 15.8 Å². The van der Waals surface area contributed by atoms with E-state index in [0.29, 0.717) is 6.54 Å². The second kappa shape index (κ2) is 7.17. The van der Waals surface area contributed by atoms with E-state index in [-0.39, 0.29) is 15.4 Å². The minimum absolute atomic E-state index is 0.0472. The van der Waals surface area contributed by atoms with Gasteiger partial charge in [0.05, 0.1) is 9.37 Å². The average Bonchev–Trinajstić information content (AvgIpc) is 2.48. The highest BCUT2D eigenvalue weighted by atomic mass is 79.9. The molecule has 1 aromatic carbocycles. The SMILES string of the molecule is CC(CNS(=O)(=O)c1ccc(Br)c(F)c1)N1CCCCC1. The molecule has 1 aliphatic rings. The van der Waals surface area contributed by atoms with E-state index in [9.17, 15) is 12.8 Å². The van der Waals surface area contributed by atoms with Crippen LogP contribution in [-0.2, 0) is 10.0 Å². The summed E-state index contributed by atoms with van der Waals surface area (Å²) >= 11 is 3.01. The predicted octanol–water partition coefficient (Wildman–Crippen LogP) is 2.74. The van der Waals surface area contributed by atoms with E-state index in [0.717, 1.165) is 32.0 Å². The lowest BCUT2D eigenvalue weighted by Gasteiger charge is -2.32. The molecule has 0 aromatic heterocycles. The number of halogens is 2. The number of sulfonamides is 1. The number of rotatable bonds is 5. The summed E-state index contributed by atoms with van der Waals surface area (Å²) in [7, 11) is -3.67. The zero-order valence-electron chi connectivity index (χ0n) is 12.0. The van der Waals surface area contributed by atoms with Gasteiger partial charge in [0.25, 0.3) is 0 Å². The summed E-state index contributed by atoms with van der Waals surface area (Å²) in [5, 5.41) is 0. The molecule has 1 saturated heterocycles. The molecule has 7 heteroatoms. The van der Waals surface area contributed by atoms with Crippen LogP contribution in [0.1, 0.15) is 26.2 Å². The summed E-state index contributed by atoms with van der Waals surface area (Å²) < 4.78 is 40.6. The van der Waals surface area contributed by atoms with Gasteiger partial charge in [-0.25, -0.2) is 17.5 Å². The number of nitrogens with zero attached hydrogens (tertiary/aromatic N) is 1. The molecule has 0 saturated carbocycles. The molecule has 0 aliphatic carbocycles. The van der Waals surface area contributed by atoms with Crippen LogP contribution in [-0.4, -0.2) is 39.0 Å². The minimum Gasteiger partial charge on any atom is -0.299 e. The summed E-state index contributed by atoms with van der Waals surface area (Å²) in [6.07, 6.45) is 3.57. The lowest BCUT2D eigenvalue weighted by atomic mass is 10.1. The minimum atomic E-state index is -3.67. The number of likely N-dealkylation sites (tertiary alicyclic amines) is 1. The van der Waals surface area contributed by atoms with Crippen LogP contribution in [0, 0.1) is 5.82 Å². The van der Waals surface area contributed by atoms with E-state index >= 15 is 0 Å². The molecular weight excluding hydrogens is 359 g/mol. The third-order valence-electron chi connectivity index (χ3n) is 3.78. The maximum absolute atomic E-state index is 13.5. The molecule has 1 fully saturated rings. The lowest BCUT2D eigenvalue weighted by molar-refractivity contribution is 0.175. The van der Waals surface area contributed by atoms with E-state index in [1.807, 2.05) is 6.92 Å². The van der Waals surface area contributed by atoms with Gasteiger partial charge in [0, 0.05) is 12.6 Å². The van der Waals surface area contributed by atoms with Gasteiger partial charge in [0.1, 0.15) is 5.82 Å². The van der Waals surface area contributed by atoms with Crippen molar-refractivity contribution in [1.29, 1.82) is 0 Å². The van der Waals surface area contributed by atoms with Crippen LogP contribution in [0.3, 0.4) is 0 Å². The molecule has 1 unspecified atom stereocenters. The molecule has 1 aliphatic heterocycles. The van der Waals surface area contributed by atoms with Crippen LogP contribution in [0.15, 0.2) is 27.6 Å². The quantitative estimate of drug-likeness (QED) is 0.856. The molecule has 0 amide bonds. The number of benzene rings is 1. The Morgan fingerprint density at radius 1 is 1.33 bits per heavy atom. The van der Waals surface area contributed by atoms with Gasteiger partial charge >= 0.3 is 0 Å². The van der Waals surface area contributed by atoms with Crippen molar-refractivity contribution in [3.05, 3.63) is 28.5 Å². The molecule has 1 atom stereocenters. The van der Waals surface area contributed by atoms with E-state index in [2.05, 4.69) is 25.6 Å². The maximum Gasteiger partial charge on any atom is 0.240 e. The van der Waals surface area contributed by atoms with E-state index in [1.165, 1.54) is 18.6 Å². The van der Waals surface area contributed by atoms with Crippen LogP contribution in [0.4, 0.5) is 4.39 Å². The average molecular weight is 379 g/mol. The highest BCUT2D eigenvalue weighted by molar-refractivity contribution is 9.10. The number of hydrogen-bond acceptors (Lipinski definition) is 3. The molecule has 1 aromatic rings. The summed E-state index contributed by atoms with van der Waals surface area (Å²) in [6.45, 7) is 4.36. The van der Waals surface area contributed by atoms with Crippen LogP contribution in [0.5, 0.6) is 0 Å². The molecule has 21 heavy (non-hydrogen) atoms. The topological polar surface area (TPSA) is 49.4 Å². The van der Waals surface area contributed by atoms with Crippen LogP contribution in [0.2, 0.25) is 0 Å². The van der Waals surface area contributed by atoms with E-state index in [4.69, 9.17) is 0 Å². The molecule has 2 rings (SSSR count). The first kappa shape index (κ1) is 16.9. The second-order valence-electron chi connectivity index (χ2n) is 5.37. The summed E-state index contributed by atoms with van der Waals surface area (Å²) in [4.78, 5) is 2.24. The van der Waals surface area contributed by atoms with Gasteiger partial charge in [-0.3, -0.25) is 4.90 Å². The third-order valence-corrected chi connectivity index (χ3v) is 5.85. The Labute approximate surface area is 133 Å². The van der Waals surface area contributed by atoms with E-state index in [1.54, 1.807) is 0 Å².